The van der Waals surface area contributed by atoms with Gasteiger partial charge >= 0.3 is 0 Å². The van der Waals surface area contributed by atoms with E-state index in [1.54, 1.807) is 0 Å². The third kappa shape index (κ3) is 3.57. The number of likely N-dealkylation sites (N-methyl/N-ethyl adjacent to an activating group) is 1. The van der Waals surface area contributed by atoms with E-state index < -0.39 is 0 Å². The minimum atomic E-state index is 0.189. The highest BCUT2D eigenvalue weighted by atomic mass is 16.2. The van der Waals surface area contributed by atoms with E-state index in [1.807, 2.05) is 36.1 Å². The summed E-state index contributed by atoms with van der Waals surface area (Å²) in [4.78, 5) is 13.8. The fraction of sp³-hybridized carbons (Fsp3) is 0.462. The Morgan fingerprint density at radius 1 is 1.25 bits per heavy atom. The van der Waals surface area contributed by atoms with Gasteiger partial charge in [0, 0.05) is 18.8 Å². The highest BCUT2D eigenvalue weighted by Gasteiger charge is 2.10. The van der Waals surface area contributed by atoms with E-state index in [2.05, 4.69) is 6.92 Å². The molecule has 0 fully saturated rings. The molecule has 3 heteroatoms. The highest BCUT2D eigenvalue weighted by Crippen LogP contribution is 2.07. The van der Waals surface area contributed by atoms with Gasteiger partial charge in [-0.3, -0.25) is 4.79 Å². The number of hydrogen-bond donors (Lipinski definition) is 1. The molecular weight excluding hydrogens is 200 g/mol. The van der Waals surface area contributed by atoms with Gasteiger partial charge in [0.1, 0.15) is 0 Å². The average Bonchev–Trinajstić information content (AvgIpc) is 2.29. The number of carbonyl (C=O) groups is 1. The predicted molar refractivity (Wildman–Crippen MR) is 67.1 cm³/mol. The van der Waals surface area contributed by atoms with Crippen molar-refractivity contribution in [2.24, 2.45) is 0 Å². The predicted octanol–water partition coefficient (Wildman–Crippen LogP) is 2.07. The van der Waals surface area contributed by atoms with E-state index in [9.17, 15) is 4.79 Å². The summed E-state index contributed by atoms with van der Waals surface area (Å²) in [5.74, 6) is 0.189. The first-order valence-corrected chi connectivity index (χ1v) is 5.79. The first kappa shape index (κ1) is 12.6. The Morgan fingerprint density at radius 2 is 1.88 bits per heavy atom. The molecule has 88 valence electrons. The Morgan fingerprint density at radius 3 is 2.38 bits per heavy atom. The van der Waals surface area contributed by atoms with Gasteiger partial charge in [-0.15, -0.1) is 0 Å². The summed E-state index contributed by atoms with van der Waals surface area (Å²) in [7, 11) is 0. The quantitative estimate of drug-likeness (QED) is 0.772. The van der Waals surface area contributed by atoms with E-state index in [0.29, 0.717) is 6.42 Å². The molecule has 0 aliphatic heterocycles. The van der Waals surface area contributed by atoms with Crippen molar-refractivity contribution in [3.05, 3.63) is 29.8 Å². The molecule has 0 atom stereocenters. The molecule has 0 spiro atoms. The molecule has 0 radical (unpaired) electrons. The minimum absolute atomic E-state index is 0.189. The van der Waals surface area contributed by atoms with Gasteiger partial charge in [-0.2, -0.15) is 0 Å². The largest absolute Gasteiger partial charge is 0.399 e. The van der Waals surface area contributed by atoms with Crippen molar-refractivity contribution in [2.75, 3.05) is 18.8 Å². The van der Waals surface area contributed by atoms with Crippen LogP contribution in [0, 0.1) is 0 Å². The van der Waals surface area contributed by atoms with Crippen molar-refractivity contribution in [1.82, 2.24) is 4.90 Å². The summed E-state index contributed by atoms with van der Waals surface area (Å²) in [6.07, 6.45) is 1.47. The van der Waals surface area contributed by atoms with Crippen LogP contribution in [0.25, 0.3) is 0 Å². The van der Waals surface area contributed by atoms with E-state index in [4.69, 9.17) is 5.73 Å². The molecule has 1 aromatic carbocycles. The van der Waals surface area contributed by atoms with Crippen LogP contribution >= 0.6 is 0 Å². The Labute approximate surface area is 97.2 Å². The number of rotatable bonds is 5. The molecule has 16 heavy (non-hydrogen) atoms. The number of nitrogens with zero attached hydrogens (tertiary/aromatic N) is 1. The molecule has 0 saturated heterocycles. The lowest BCUT2D eigenvalue weighted by Gasteiger charge is -2.20. The maximum absolute atomic E-state index is 11.9. The summed E-state index contributed by atoms with van der Waals surface area (Å²) >= 11 is 0. The molecule has 2 N–H and O–H groups in total. The molecule has 0 bridgehead atoms. The first-order chi connectivity index (χ1) is 7.67. The lowest BCUT2D eigenvalue weighted by atomic mass is 10.1. The van der Waals surface area contributed by atoms with Crippen LogP contribution in [0.15, 0.2) is 24.3 Å². The van der Waals surface area contributed by atoms with Crippen LogP contribution in [-0.2, 0) is 11.2 Å². The maximum Gasteiger partial charge on any atom is 0.226 e. The van der Waals surface area contributed by atoms with Crippen LogP contribution in [0.1, 0.15) is 25.8 Å². The fourth-order valence-electron chi connectivity index (χ4n) is 1.65. The molecule has 0 unspecified atom stereocenters. The van der Waals surface area contributed by atoms with Crippen molar-refractivity contribution >= 4 is 11.6 Å². The zero-order valence-electron chi connectivity index (χ0n) is 10.1. The standard InChI is InChI=1S/C13H20N2O/c1-3-9-15(4-2)13(16)10-11-5-7-12(14)8-6-11/h5-8H,3-4,9-10,14H2,1-2H3. The molecular formula is C13H20N2O. The van der Waals surface area contributed by atoms with E-state index in [1.165, 1.54) is 0 Å². The Bertz CT molecular complexity index is 332. The number of amides is 1. The summed E-state index contributed by atoms with van der Waals surface area (Å²) in [6.45, 7) is 5.71. The van der Waals surface area contributed by atoms with Crippen molar-refractivity contribution < 1.29 is 4.79 Å². The second-order valence-electron chi connectivity index (χ2n) is 3.89. The Balaban J connectivity index is 2.59. The second kappa shape index (κ2) is 6.16. The van der Waals surface area contributed by atoms with Crippen LogP contribution < -0.4 is 5.73 Å². The Hall–Kier alpha value is -1.51. The summed E-state index contributed by atoms with van der Waals surface area (Å²) in [6, 6.07) is 7.48. The minimum Gasteiger partial charge on any atom is -0.399 e. The third-order valence-electron chi connectivity index (χ3n) is 2.56. The van der Waals surface area contributed by atoms with E-state index in [-0.39, 0.29) is 5.91 Å². The molecule has 0 aromatic heterocycles. The van der Waals surface area contributed by atoms with Gasteiger partial charge in [0.25, 0.3) is 0 Å². The monoisotopic (exact) mass is 220 g/mol. The van der Waals surface area contributed by atoms with Crippen LogP contribution in [-0.4, -0.2) is 23.9 Å². The normalized spacial score (nSPS) is 10.1. The number of hydrogen-bond acceptors (Lipinski definition) is 2. The molecule has 3 nitrogen and oxygen atoms in total. The molecule has 0 aliphatic carbocycles. The van der Waals surface area contributed by atoms with Crippen molar-refractivity contribution in [2.45, 2.75) is 26.7 Å². The zero-order chi connectivity index (χ0) is 12.0. The van der Waals surface area contributed by atoms with Crippen LogP contribution in [0.3, 0.4) is 0 Å². The topological polar surface area (TPSA) is 46.3 Å². The van der Waals surface area contributed by atoms with Crippen molar-refractivity contribution in [3.8, 4) is 0 Å². The molecule has 0 aliphatic rings. The molecule has 1 amide bonds. The summed E-state index contributed by atoms with van der Waals surface area (Å²) in [5, 5.41) is 0. The summed E-state index contributed by atoms with van der Waals surface area (Å²) in [5.41, 5.74) is 7.35. The van der Waals surface area contributed by atoms with E-state index >= 15 is 0 Å². The van der Waals surface area contributed by atoms with Crippen LogP contribution in [0.5, 0.6) is 0 Å². The summed E-state index contributed by atoms with van der Waals surface area (Å²) < 4.78 is 0. The van der Waals surface area contributed by atoms with Gasteiger partial charge < -0.3 is 10.6 Å². The molecule has 1 rings (SSSR count). The van der Waals surface area contributed by atoms with Crippen molar-refractivity contribution in [3.63, 3.8) is 0 Å². The van der Waals surface area contributed by atoms with Gasteiger partial charge in [0.15, 0.2) is 0 Å². The average molecular weight is 220 g/mol. The third-order valence-corrected chi connectivity index (χ3v) is 2.56. The second-order valence-corrected chi connectivity index (χ2v) is 3.89. The number of nitrogens with two attached hydrogens (primary N) is 1. The van der Waals surface area contributed by atoms with Crippen molar-refractivity contribution in [1.29, 1.82) is 0 Å². The Kier molecular flexibility index (Phi) is 4.83. The molecule has 0 saturated carbocycles. The zero-order valence-corrected chi connectivity index (χ0v) is 10.1. The van der Waals surface area contributed by atoms with Gasteiger partial charge in [-0.1, -0.05) is 19.1 Å². The molecule has 1 aromatic rings. The lowest BCUT2D eigenvalue weighted by molar-refractivity contribution is -0.130. The molecule has 0 heterocycles. The van der Waals surface area contributed by atoms with Crippen LogP contribution in [0.2, 0.25) is 0 Å². The number of benzene rings is 1. The SMILES string of the molecule is CCCN(CC)C(=O)Cc1ccc(N)cc1. The maximum atomic E-state index is 11.9. The van der Waals surface area contributed by atoms with Gasteiger partial charge in [0.2, 0.25) is 5.91 Å². The highest BCUT2D eigenvalue weighted by molar-refractivity contribution is 5.78. The number of anilines is 1. The lowest BCUT2D eigenvalue weighted by Crippen LogP contribution is -2.32. The van der Waals surface area contributed by atoms with Gasteiger partial charge in [-0.25, -0.2) is 0 Å². The smallest absolute Gasteiger partial charge is 0.226 e. The van der Waals surface area contributed by atoms with Crippen LogP contribution in [0.4, 0.5) is 5.69 Å². The first-order valence-electron chi connectivity index (χ1n) is 5.79. The van der Waals surface area contributed by atoms with Gasteiger partial charge in [-0.05, 0) is 31.0 Å². The fourth-order valence-corrected chi connectivity index (χ4v) is 1.65. The number of nitrogen functional groups attached to an aromatic ring is 1. The van der Waals surface area contributed by atoms with E-state index in [0.717, 1.165) is 30.8 Å². The number of carbonyl (C=O) groups excluding carboxylic acids is 1. The van der Waals surface area contributed by atoms with Gasteiger partial charge in [0.05, 0.1) is 6.42 Å².